The third kappa shape index (κ3) is 1.91. The Balaban J connectivity index is 2.56. The van der Waals surface area contributed by atoms with Crippen LogP contribution in [-0.2, 0) is 9.59 Å². The summed E-state index contributed by atoms with van der Waals surface area (Å²) in [5, 5.41) is 10.8. The number of piperidine rings is 1. The van der Waals surface area contributed by atoms with Gasteiger partial charge in [0.15, 0.2) is 0 Å². The van der Waals surface area contributed by atoms with Crippen molar-refractivity contribution in [2.24, 2.45) is 5.73 Å². The van der Waals surface area contributed by atoms with Gasteiger partial charge < -0.3 is 16.2 Å². The van der Waals surface area contributed by atoms with E-state index < -0.39 is 12.0 Å². The summed E-state index contributed by atoms with van der Waals surface area (Å²) in [6, 6.07) is -1.11. The zero-order valence-corrected chi connectivity index (χ0v) is 5.91. The van der Waals surface area contributed by atoms with Crippen molar-refractivity contribution in [3.8, 4) is 0 Å². The average molecular weight is 158 g/mol. The summed E-state index contributed by atoms with van der Waals surface area (Å²) >= 11 is 0. The van der Waals surface area contributed by atoms with E-state index in [2.05, 4.69) is 5.32 Å². The second kappa shape index (κ2) is 2.87. The van der Waals surface area contributed by atoms with Crippen molar-refractivity contribution < 1.29 is 14.7 Å². The minimum atomic E-state index is -1.02. The Bertz CT molecular complexity index is 192. The van der Waals surface area contributed by atoms with Crippen LogP contribution < -0.4 is 11.1 Å². The van der Waals surface area contributed by atoms with Crippen molar-refractivity contribution >= 4 is 11.9 Å². The number of hydrogen-bond donors (Lipinski definition) is 3. The molecule has 1 rings (SSSR count). The molecular weight excluding hydrogens is 148 g/mol. The van der Waals surface area contributed by atoms with Gasteiger partial charge in [0.05, 0.1) is 0 Å². The Hall–Kier alpha value is -1.10. The van der Waals surface area contributed by atoms with E-state index in [4.69, 9.17) is 10.8 Å². The van der Waals surface area contributed by atoms with E-state index in [1.807, 2.05) is 0 Å². The van der Waals surface area contributed by atoms with E-state index in [-0.39, 0.29) is 18.4 Å². The second-order valence-corrected chi connectivity index (χ2v) is 2.66. The third-order valence-electron chi connectivity index (χ3n) is 1.62. The standard InChI is InChI=1S/C6H10N2O3/c7-3-1-4(6(10)11)8-5(9)2-3/h3-4H,1-2,7H2,(H,8,9)(H,10,11)/t3-,4-/m0/s1. The molecule has 1 aliphatic heterocycles. The lowest BCUT2D eigenvalue weighted by Crippen LogP contribution is -2.50. The molecule has 62 valence electrons. The number of carboxylic acid groups (broad SMARTS) is 1. The van der Waals surface area contributed by atoms with Crippen LogP contribution in [0.5, 0.6) is 0 Å². The predicted octanol–water partition coefficient (Wildman–Crippen LogP) is -1.32. The highest BCUT2D eigenvalue weighted by Crippen LogP contribution is 2.06. The quantitative estimate of drug-likeness (QED) is 0.441. The number of nitrogens with one attached hydrogen (secondary N) is 1. The fourth-order valence-electron chi connectivity index (χ4n) is 1.10. The van der Waals surface area contributed by atoms with Crippen LogP contribution in [0.1, 0.15) is 12.8 Å². The van der Waals surface area contributed by atoms with Crippen LogP contribution >= 0.6 is 0 Å². The number of carboxylic acids is 1. The average Bonchev–Trinajstić information content (AvgIpc) is 1.85. The number of nitrogens with two attached hydrogens (primary N) is 1. The van der Waals surface area contributed by atoms with Crippen LogP contribution in [0.2, 0.25) is 0 Å². The second-order valence-electron chi connectivity index (χ2n) is 2.66. The van der Waals surface area contributed by atoms with Crippen LogP contribution in [0.15, 0.2) is 0 Å². The zero-order valence-electron chi connectivity index (χ0n) is 5.91. The van der Waals surface area contributed by atoms with Crippen LogP contribution in [0, 0.1) is 0 Å². The molecule has 0 bridgehead atoms. The van der Waals surface area contributed by atoms with Crippen molar-refractivity contribution in [1.29, 1.82) is 0 Å². The summed E-state index contributed by atoms with van der Waals surface area (Å²) in [7, 11) is 0. The minimum Gasteiger partial charge on any atom is -0.480 e. The van der Waals surface area contributed by atoms with Crippen molar-refractivity contribution in [3.63, 3.8) is 0 Å². The lowest BCUT2D eigenvalue weighted by Gasteiger charge is -2.24. The van der Waals surface area contributed by atoms with E-state index in [0.717, 1.165) is 0 Å². The molecule has 5 nitrogen and oxygen atoms in total. The number of hydrogen-bond acceptors (Lipinski definition) is 3. The molecule has 0 spiro atoms. The van der Waals surface area contributed by atoms with Crippen LogP contribution in [-0.4, -0.2) is 29.1 Å². The summed E-state index contributed by atoms with van der Waals surface area (Å²) in [5.41, 5.74) is 5.43. The van der Waals surface area contributed by atoms with E-state index in [0.29, 0.717) is 6.42 Å². The maximum atomic E-state index is 10.7. The van der Waals surface area contributed by atoms with Crippen molar-refractivity contribution in [2.45, 2.75) is 24.9 Å². The van der Waals surface area contributed by atoms with E-state index >= 15 is 0 Å². The van der Waals surface area contributed by atoms with Crippen molar-refractivity contribution in [1.82, 2.24) is 5.32 Å². The molecule has 4 N–H and O–H groups in total. The first-order valence-electron chi connectivity index (χ1n) is 3.37. The number of rotatable bonds is 1. The van der Waals surface area contributed by atoms with Gasteiger partial charge in [-0.05, 0) is 6.42 Å². The summed E-state index contributed by atoms with van der Waals surface area (Å²) < 4.78 is 0. The number of carbonyl (C=O) groups excluding carboxylic acids is 1. The summed E-state index contributed by atoms with van der Waals surface area (Å²) in [4.78, 5) is 21.1. The molecule has 11 heavy (non-hydrogen) atoms. The maximum absolute atomic E-state index is 10.7. The smallest absolute Gasteiger partial charge is 0.326 e. The van der Waals surface area contributed by atoms with Crippen molar-refractivity contribution in [3.05, 3.63) is 0 Å². The Morgan fingerprint density at radius 3 is 2.82 bits per heavy atom. The molecule has 0 aromatic heterocycles. The normalized spacial score (nSPS) is 31.2. The molecule has 1 aliphatic rings. The Kier molecular flexibility index (Phi) is 2.09. The summed E-state index contributed by atoms with van der Waals surface area (Å²) in [5.74, 6) is -1.30. The SMILES string of the molecule is N[C@@H]1CC(=O)N[C@H](C(=O)O)C1. The number of aliphatic carboxylic acids is 1. The van der Waals surface area contributed by atoms with Gasteiger partial charge >= 0.3 is 5.97 Å². The van der Waals surface area contributed by atoms with Gasteiger partial charge in [0, 0.05) is 12.5 Å². The Morgan fingerprint density at radius 1 is 1.73 bits per heavy atom. The van der Waals surface area contributed by atoms with Gasteiger partial charge in [0.1, 0.15) is 6.04 Å². The third-order valence-corrected chi connectivity index (χ3v) is 1.62. The van der Waals surface area contributed by atoms with Gasteiger partial charge in [-0.1, -0.05) is 0 Å². The highest BCUT2D eigenvalue weighted by Gasteiger charge is 2.28. The highest BCUT2D eigenvalue weighted by molar-refractivity contribution is 5.85. The fourth-order valence-corrected chi connectivity index (χ4v) is 1.10. The first-order chi connectivity index (χ1) is 5.09. The van der Waals surface area contributed by atoms with E-state index in [9.17, 15) is 9.59 Å². The lowest BCUT2D eigenvalue weighted by atomic mass is 10.00. The first-order valence-corrected chi connectivity index (χ1v) is 3.37. The summed E-state index contributed by atoms with van der Waals surface area (Å²) in [6.07, 6.45) is 0.546. The van der Waals surface area contributed by atoms with Gasteiger partial charge in [-0.25, -0.2) is 4.79 Å². The maximum Gasteiger partial charge on any atom is 0.326 e. The van der Waals surface area contributed by atoms with Crippen LogP contribution in [0.25, 0.3) is 0 Å². The molecule has 1 heterocycles. The molecular formula is C6H10N2O3. The molecule has 0 aromatic carbocycles. The molecule has 0 radical (unpaired) electrons. The molecule has 0 saturated carbocycles. The minimum absolute atomic E-state index is 0.226. The van der Waals surface area contributed by atoms with E-state index in [1.54, 1.807) is 0 Å². The largest absolute Gasteiger partial charge is 0.480 e. The van der Waals surface area contributed by atoms with Gasteiger partial charge in [-0.15, -0.1) is 0 Å². The predicted molar refractivity (Wildman–Crippen MR) is 36.8 cm³/mol. The van der Waals surface area contributed by atoms with Crippen LogP contribution in [0.4, 0.5) is 0 Å². The Morgan fingerprint density at radius 2 is 2.36 bits per heavy atom. The zero-order chi connectivity index (χ0) is 8.43. The molecule has 0 aliphatic carbocycles. The van der Waals surface area contributed by atoms with Gasteiger partial charge in [0.2, 0.25) is 5.91 Å². The van der Waals surface area contributed by atoms with Gasteiger partial charge in [-0.3, -0.25) is 4.79 Å². The number of carbonyl (C=O) groups is 2. The lowest BCUT2D eigenvalue weighted by molar-refractivity contribution is -0.143. The molecule has 0 unspecified atom stereocenters. The molecule has 1 amide bonds. The Labute approximate surface area is 63.6 Å². The molecule has 0 aromatic rings. The molecule has 5 heteroatoms. The van der Waals surface area contributed by atoms with E-state index in [1.165, 1.54) is 0 Å². The molecule has 1 fully saturated rings. The van der Waals surface area contributed by atoms with Gasteiger partial charge in [-0.2, -0.15) is 0 Å². The first kappa shape index (κ1) is 8.00. The van der Waals surface area contributed by atoms with Crippen molar-refractivity contribution in [2.75, 3.05) is 0 Å². The molecule has 1 saturated heterocycles. The highest BCUT2D eigenvalue weighted by atomic mass is 16.4. The number of amides is 1. The monoisotopic (exact) mass is 158 g/mol. The summed E-state index contributed by atoms with van der Waals surface area (Å²) in [6.45, 7) is 0. The van der Waals surface area contributed by atoms with Crippen LogP contribution in [0.3, 0.4) is 0 Å². The molecule has 2 atom stereocenters. The van der Waals surface area contributed by atoms with Gasteiger partial charge in [0.25, 0.3) is 0 Å². The topological polar surface area (TPSA) is 92.4 Å². The fraction of sp³-hybridized carbons (Fsp3) is 0.667.